The molecule has 2 amide bonds. The molecule has 1 aromatic rings. The number of nitrogens with zero attached hydrogens (tertiary/aromatic N) is 1. The molecule has 2 N–H and O–H groups in total. The summed E-state index contributed by atoms with van der Waals surface area (Å²) in [7, 11) is 1.50. The van der Waals surface area contributed by atoms with Crippen molar-refractivity contribution in [3.8, 4) is 0 Å². The van der Waals surface area contributed by atoms with Crippen LogP contribution in [0.4, 0.5) is 5.69 Å². The third-order valence-electron chi connectivity index (χ3n) is 2.34. The monoisotopic (exact) mass is 329 g/mol. The summed E-state index contributed by atoms with van der Waals surface area (Å²) >= 11 is 3.04. The molecule has 0 aliphatic rings. The number of nitro groups is 1. The number of hydrogen-bond acceptors (Lipinski definition) is 4. The molecule has 19 heavy (non-hydrogen) atoms. The van der Waals surface area contributed by atoms with Crippen molar-refractivity contribution >= 4 is 33.4 Å². The number of amides is 2. The van der Waals surface area contributed by atoms with E-state index in [-0.39, 0.29) is 34.6 Å². The first kappa shape index (κ1) is 15.1. The fourth-order valence-corrected chi connectivity index (χ4v) is 1.94. The molecule has 0 bridgehead atoms. The van der Waals surface area contributed by atoms with Crippen molar-refractivity contribution in [3.05, 3.63) is 38.3 Å². The lowest BCUT2D eigenvalue weighted by Crippen LogP contribution is -2.29. The molecule has 0 aliphatic carbocycles. The van der Waals surface area contributed by atoms with Crippen molar-refractivity contribution in [1.29, 1.82) is 0 Å². The summed E-state index contributed by atoms with van der Waals surface area (Å²) in [6, 6.07) is 4.19. The summed E-state index contributed by atoms with van der Waals surface area (Å²) in [6.45, 7) is 0.160. The third kappa shape index (κ3) is 4.02. The Balaban J connectivity index is 2.75. The van der Waals surface area contributed by atoms with Gasteiger partial charge in [-0.05, 0) is 22.0 Å². The molecule has 0 aliphatic heterocycles. The predicted molar refractivity (Wildman–Crippen MR) is 71.8 cm³/mol. The zero-order valence-electron chi connectivity index (χ0n) is 10.1. The molecule has 0 spiro atoms. The molecule has 102 valence electrons. The summed E-state index contributed by atoms with van der Waals surface area (Å²) in [4.78, 5) is 32.9. The molecule has 0 aromatic heterocycles. The first-order valence-corrected chi connectivity index (χ1v) is 6.18. The van der Waals surface area contributed by atoms with Crippen molar-refractivity contribution in [3.63, 3.8) is 0 Å². The Morgan fingerprint density at radius 2 is 2.11 bits per heavy atom. The zero-order chi connectivity index (χ0) is 14.4. The van der Waals surface area contributed by atoms with Crippen LogP contribution in [-0.2, 0) is 4.79 Å². The Bertz CT molecular complexity index is 519. The van der Waals surface area contributed by atoms with Crippen LogP contribution in [0.25, 0.3) is 0 Å². The van der Waals surface area contributed by atoms with Crippen molar-refractivity contribution in [2.24, 2.45) is 0 Å². The normalized spacial score (nSPS) is 9.79. The summed E-state index contributed by atoms with van der Waals surface area (Å²) in [5.74, 6) is -0.669. The average Bonchev–Trinajstić information content (AvgIpc) is 2.38. The van der Waals surface area contributed by atoms with Gasteiger partial charge in [-0.15, -0.1) is 0 Å². The second-order valence-corrected chi connectivity index (χ2v) is 4.37. The molecular weight excluding hydrogens is 318 g/mol. The first-order chi connectivity index (χ1) is 8.97. The van der Waals surface area contributed by atoms with E-state index in [0.29, 0.717) is 0 Å². The predicted octanol–water partition coefficient (Wildman–Crippen LogP) is 1.22. The van der Waals surface area contributed by atoms with Crippen LogP contribution in [0, 0.1) is 10.1 Å². The van der Waals surface area contributed by atoms with Gasteiger partial charge >= 0.3 is 0 Å². The zero-order valence-corrected chi connectivity index (χ0v) is 11.7. The molecule has 0 unspecified atom stereocenters. The van der Waals surface area contributed by atoms with Crippen molar-refractivity contribution < 1.29 is 14.5 Å². The van der Waals surface area contributed by atoms with Gasteiger partial charge in [-0.3, -0.25) is 19.7 Å². The first-order valence-electron chi connectivity index (χ1n) is 5.39. The van der Waals surface area contributed by atoms with E-state index in [2.05, 4.69) is 26.6 Å². The van der Waals surface area contributed by atoms with E-state index in [0.717, 1.165) is 0 Å². The average molecular weight is 330 g/mol. The van der Waals surface area contributed by atoms with Crippen LogP contribution in [0.15, 0.2) is 22.7 Å². The van der Waals surface area contributed by atoms with E-state index in [1.165, 1.54) is 25.2 Å². The number of carbonyl (C=O) groups excluding carboxylic acids is 2. The molecule has 8 heteroatoms. The SMILES string of the molecule is CNC(=O)CCNC(=O)c1cccc([N+](=O)[O-])c1Br. The molecule has 0 radical (unpaired) electrons. The lowest BCUT2D eigenvalue weighted by atomic mass is 10.2. The Morgan fingerprint density at radius 3 is 2.68 bits per heavy atom. The number of carbonyl (C=O) groups is 2. The maximum absolute atomic E-state index is 11.8. The van der Waals surface area contributed by atoms with Gasteiger partial charge in [0.1, 0.15) is 4.47 Å². The largest absolute Gasteiger partial charge is 0.359 e. The van der Waals surface area contributed by atoms with Crippen molar-refractivity contribution in [2.45, 2.75) is 6.42 Å². The van der Waals surface area contributed by atoms with Gasteiger partial charge in [0.05, 0.1) is 10.5 Å². The smallest absolute Gasteiger partial charge is 0.284 e. The minimum Gasteiger partial charge on any atom is -0.359 e. The van der Waals surface area contributed by atoms with Gasteiger partial charge < -0.3 is 10.6 Å². The van der Waals surface area contributed by atoms with E-state index < -0.39 is 10.8 Å². The van der Waals surface area contributed by atoms with Crippen LogP contribution in [0.3, 0.4) is 0 Å². The van der Waals surface area contributed by atoms with Gasteiger partial charge in [0.2, 0.25) is 5.91 Å². The number of nitrogens with one attached hydrogen (secondary N) is 2. The standard InChI is InChI=1S/C11H12BrN3O4/c1-13-9(16)5-6-14-11(17)7-3-2-4-8(10(7)12)15(18)19/h2-4H,5-6H2,1H3,(H,13,16)(H,14,17). The molecule has 0 saturated heterocycles. The maximum atomic E-state index is 11.8. The molecular formula is C11H12BrN3O4. The number of halogens is 1. The molecule has 7 nitrogen and oxygen atoms in total. The fourth-order valence-electron chi connectivity index (χ4n) is 1.35. The van der Waals surface area contributed by atoms with Gasteiger partial charge in [0.15, 0.2) is 0 Å². The number of benzene rings is 1. The van der Waals surface area contributed by atoms with Gasteiger partial charge in [-0.25, -0.2) is 0 Å². The van der Waals surface area contributed by atoms with Crippen LogP contribution in [-0.4, -0.2) is 30.3 Å². The minimum absolute atomic E-state index is 0.123. The maximum Gasteiger partial charge on any atom is 0.284 e. The van der Waals surface area contributed by atoms with Crippen molar-refractivity contribution in [2.75, 3.05) is 13.6 Å². The molecule has 0 saturated carbocycles. The Hall–Kier alpha value is -1.96. The number of rotatable bonds is 5. The highest BCUT2D eigenvalue weighted by Crippen LogP contribution is 2.28. The van der Waals surface area contributed by atoms with Crippen LogP contribution in [0.5, 0.6) is 0 Å². The second kappa shape index (κ2) is 6.83. The summed E-state index contributed by atoms with van der Waals surface area (Å²) in [5.41, 5.74) is -0.0231. The van der Waals surface area contributed by atoms with Gasteiger partial charge in [-0.1, -0.05) is 6.07 Å². The number of hydrogen-bond donors (Lipinski definition) is 2. The third-order valence-corrected chi connectivity index (χ3v) is 3.17. The minimum atomic E-state index is -0.578. The van der Waals surface area contributed by atoms with Gasteiger partial charge in [0.25, 0.3) is 11.6 Å². The summed E-state index contributed by atoms with van der Waals surface area (Å²) in [5, 5.41) is 15.7. The molecule has 0 atom stereocenters. The quantitative estimate of drug-likeness (QED) is 0.626. The highest BCUT2D eigenvalue weighted by molar-refractivity contribution is 9.10. The lowest BCUT2D eigenvalue weighted by Gasteiger charge is -2.06. The van der Waals surface area contributed by atoms with Crippen LogP contribution >= 0.6 is 15.9 Å². The Kier molecular flexibility index (Phi) is 5.43. The number of nitro benzene ring substituents is 1. The second-order valence-electron chi connectivity index (χ2n) is 3.57. The van der Waals surface area contributed by atoms with E-state index in [1.54, 1.807) is 0 Å². The van der Waals surface area contributed by atoms with Crippen molar-refractivity contribution in [1.82, 2.24) is 10.6 Å². The molecule has 1 rings (SSSR count). The van der Waals surface area contributed by atoms with Gasteiger partial charge in [-0.2, -0.15) is 0 Å². The van der Waals surface area contributed by atoms with E-state index in [4.69, 9.17) is 0 Å². The fraction of sp³-hybridized carbons (Fsp3) is 0.273. The van der Waals surface area contributed by atoms with E-state index in [9.17, 15) is 19.7 Å². The van der Waals surface area contributed by atoms with Crippen LogP contribution < -0.4 is 10.6 Å². The highest BCUT2D eigenvalue weighted by atomic mass is 79.9. The molecule has 0 fully saturated rings. The summed E-state index contributed by atoms with van der Waals surface area (Å²) in [6.07, 6.45) is 0.148. The highest BCUT2D eigenvalue weighted by Gasteiger charge is 2.19. The van der Waals surface area contributed by atoms with E-state index in [1.807, 2.05) is 0 Å². The Morgan fingerprint density at radius 1 is 1.42 bits per heavy atom. The van der Waals surface area contributed by atoms with Gasteiger partial charge in [0, 0.05) is 26.1 Å². The lowest BCUT2D eigenvalue weighted by molar-refractivity contribution is -0.385. The Labute approximate surface area is 117 Å². The van der Waals surface area contributed by atoms with Crippen LogP contribution in [0.2, 0.25) is 0 Å². The van der Waals surface area contributed by atoms with Crippen LogP contribution in [0.1, 0.15) is 16.8 Å². The molecule has 0 heterocycles. The molecule has 1 aromatic carbocycles. The van der Waals surface area contributed by atoms with E-state index >= 15 is 0 Å². The summed E-state index contributed by atoms with van der Waals surface area (Å²) < 4.78 is 0.123. The topological polar surface area (TPSA) is 101 Å².